The summed E-state index contributed by atoms with van der Waals surface area (Å²) in [6, 6.07) is 8.74. The van der Waals surface area contributed by atoms with Crippen LogP contribution in [0.2, 0.25) is 0 Å². The van der Waals surface area contributed by atoms with Crippen LogP contribution in [0, 0.1) is 17.8 Å². The van der Waals surface area contributed by atoms with Crippen LogP contribution in [0.15, 0.2) is 36.5 Å². The number of hydrogen-bond donors (Lipinski definition) is 1. The average molecular weight is 489 g/mol. The Morgan fingerprint density at radius 1 is 1.14 bits per heavy atom. The highest BCUT2D eigenvalue weighted by atomic mass is 19.4. The third-order valence-corrected chi connectivity index (χ3v) is 8.00. The van der Waals surface area contributed by atoms with Gasteiger partial charge in [-0.2, -0.15) is 13.2 Å². The number of rotatable bonds is 6. The molecule has 0 bridgehead atoms. The number of hydrogen-bond acceptors (Lipinski definition) is 4. The van der Waals surface area contributed by atoms with Crippen molar-refractivity contribution in [3.8, 4) is 0 Å². The summed E-state index contributed by atoms with van der Waals surface area (Å²) in [4.78, 5) is 17.5. The molecule has 0 radical (unpaired) electrons. The largest absolute Gasteiger partial charge is 0.481 e. The second-order valence-corrected chi connectivity index (χ2v) is 10.3. The fraction of sp³-hybridized carbons (Fsp3) is 0.556. The molecule has 2 aromatic rings. The van der Waals surface area contributed by atoms with E-state index in [9.17, 15) is 23.1 Å². The van der Waals surface area contributed by atoms with Gasteiger partial charge in [-0.1, -0.05) is 25.1 Å². The van der Waals surface area contributed by atoms with E-state index in [-0.39, 0.29) is 23.8 Å². The van der Waals surface area contributed by atoms with E-state index in [2.05, 4.69) is 23.2 Å². The number of carbonyl (C=O) groups is 1. The monoisotopic (exact) mass is 488 g/mol. The fourth-order valence-electron chi connectivity index (χ4n) is 5.89. The van der Waals surface area contributed by atoms with Crippen molar-refractivity contribution in [2.24, 2.45) is 17.8 Å². The first-order valence-corrected chi connectivity index (χ1v) is 12.5. The highest BCUT2D eigenvalue weighted by Gasteiger charge is 2.40. The van der Waals surface area contributed by atoms with Gasteiger partial charge in [0.2, 0.25) is 0 Å². The van der Waals surface area contributed by atoms with Crippen molar-refractivity contribution in [3.05, 3.63) is 58.8 Å². The molecule has 3 aliphatic rings. The number of aromatic nitrogens is 1. The van der Waals surface area contributed by atoms with E-state index in [1.165, 1.54) is 17.8 Å². The van der Waals surface area contributed by atoms with Gasteiger partial charge in [-0.15, -0.1) is 0 Å². The number of benzene rings is 1. The van der Waals surface area contributed by atoms with E-state index in [1.807, 2.05) is 0 Å². The quantitative estimate of drug-likeness (QED) is 0.568. The lowest BCUT2D eigenvalue weighted by Crippen LogP contribution is -2.41. The highest BCUT2D eigenvalue weighted by molar-refractivity contribution is 5.71. The Hall–Kier alpha value is -2.61. The molecular weight excluding hydrogens is 457 g/mol. The number of piperidine rings is 1. The van der Waals surface area contributed by atoms with Gasteiger partial charge >= 0.3 is 12.1 Å². The molecule has 1 saturated heterocycles. The molecule has 1 aromatic heterocycles. The SMILES string of the molecule is C[C@H](C(=O)O)[C@H](c1ccc2c(c1)CC(C1CCN(c3ncccc3C(F)(F)F)CC1)OC2)C1CC1. The number of carboxylic acids is 1. The summed E-state index contributed by atoms with van der Waals surface area (Å²) < 4.78 is 46.5. The Bertz CT molecular complexity index is 1080. The molecule has 188 valence electrons. The van der Waals surface area contributed by atoms with Crippen LogP contribution in [0.3, 0.4) is 0 Å². The van der Waals surface area contributed by atoms with Crippen molar-refractivity contribution in [1.82, 2.24) is 4.98 Å². The van der Waals surface area contributed by atoms with Crippen LogP contribution in [0.1, 0.15) is 60.8 Å². The molecule has 0 amide bonds. The van der Waals surface area contributed by atoms with E-state index in [0.29, 0.717) is 25.6 Å². The molecule has 1 aromatic carbocycles. The number of nitrogens with zero attached hydrogens (tertiary/aromatic N) is 2. The summed E-state index contributed by atoms with van der Waals surface area (Å²) >= 11 is 0. The lowest BCUT2D eigenvalue weighted by molar-refractivity contribution is -0.142. The number of pyridine rings is 1. The van der Waals surface area contributed by atoms with Gasteiger partial charge in [-0.25, -0.2) is 4.98 Å². The zero-order chi connectivity index (χ0) is 24.7. The Labute approximate surface area is 203 Å². The Morgan fingerprint density at radius 2 is 1.89 bits per heavy atom. The maximum atomic E-state index is 13.4. The summed E-state index contributed by atoms with van der Waals surface area (Å²) in [6.07, 6.45) is 1.40. The normalized spacial score (nSPS) is 23.0. The molecule has 1 aliphatic carbocycles. The summed E-state index contributed by atoms with van der Waals surface area (Å²) in [5.41, 5.74) is 2.78. The Kier molecular flexibility index (Phi) is 6.51. The minimum absolute atomic E-state index is 0.0108. The topological polar surface area (TPSA) is 62.7 Å². The number of ether oxygens (including phenoxy) is 1. The van der Waals surface area contributed by atoms with E-state index in [0.717, 1.165) is 49.3 Å². The smallest absolute Gasteiger partial charge is 0.419 e. The molecule has 5 rings (SSSR count). The lowest BCUT2D eigenvalue weighted by atomic mass is 9.80. The Morgan fingerprint density at radius 3 is 2.54 bits per heavy atom. The molecule has 3 atom stereocenters. The first-order valence-electron chi connectivity index (χ1n) is 12.5. The minimum atomic E-state index is -4.43. The van der Waals surface area contributed by atoms with Crippen molar-refractivity contribution in [2.45, 2.75) is 63.8 Å². The zero-order valence-corrected chi connectivity index (χ0v) is 19.8. The third kappa shape index (κ3) is 5.03. The van der Waals surface area contributed by atoms with Gasteiger partial charge in [0.15, 0.2) is 0 Å². The number of carboxylic acid groups (broad SMARTS) is 1. The molecule has 5 nitrogen and oxygen atoms in total. The predicted octanol–water partition coefficient (Wildman–Crippen LogP) is 5.67. The third-order valence-electron chi connectivity index (χ3n) is 8.00. The molecule has 35 heavy (non-hydrogen) atoms. The van der Waals surface area contributed by atoms with Gasteiger partial charge in [0.05, 0.1) is 24.2 Å². The fourth-order valence-corrected chi connectivity index (χ4v) is 5.89. The lowest BCUT2D eigenvalue weighted by Gasteiger charge is -2.39. The van der Waals surface area contributed by atoms with Gasteiger partial charge in [-0.05, 0) is 78.7 Å². The maximum absolute atomic E-state index is 13.4. The summed E-state index contributed by atoms with van der Waals surface area (Å²) in [7, 11) is 0. The second-order valence-electron chi connectivity index (χ2n) is 10.3. The second kappa shape index (κ2) is 9.45. The number of halogens is 3. The molecule has 1 unspecified atom stereocenters. The number of aliphatic carboxylic acids is 1. The van der Waals surface area contributed by atoms with Crippen molar-refractivity contribution in [1.29, 1.82) is 0 Å². The molecule has 8 heteroatoms. The van der Waals surface area contributed by atoms with E-state index in [4.69, 9.17) is 4.74 Å². The molecule has 1 saturated carbocycles. The van der Waals surface area contributed by atoms with Crippen molar-refractivity contribution >= 4 is 11.8 Å². The molecule has 2 fully saturated rings. The number of fused-ring (bicyclic) bond motifs is 1. The summed E-state index contributed by atoms with van der Waals surface area (Å²) in [5, 5.41) is 9.62. The molecule has 2 aliphatic heterocycles. The molecule has 1 N–H and O–H groups in total. The maximum Gasteiger partial charge on any atom is 0.419 e. The van der Waals surface area contributed by atoms with Crippen molar-refractivity contribution < 1.29 is 27.8 Å². The van der Waals surface area contributed by atoms with Crippen LogP contribution in [0.5, 0.6) is 0 Å². The van der Waals surface area contributed by atoms with Crippen LogP contribution >= 0.6 is 0 Å². The van der Waals surface area contributed by atoms with Gasteiger partial charge in [0.1, 0.15) is 5.82 Å². The highest BCUT2D eigenvalue weighted by Crippen LogP contribution is 2.47. The summed E-state index contributed by atoms with van der Waals surface area (Å²) in [6.45, 7) is 3.34. The first-order chi connectivity index (χ1) is 16.7. The Balaban J connectivity index is 1.27. The van der Waals surface area contributed by atoms with Crippen LogP contribution in [-0.2, 0) is 28.7 Å². The zero-order valence-electron chi connectivity index (χ0n) is 19.8. The standard InChI is InChI=1S/C27H31F3N2O3/c1-16(26(33)34)24(18-4-5-18)19-6-7-20-15-35-23(14-21(20)13-19)17-8-11-32(12-9-17)25-22(27(28,29)30)3-2-10-31-25/h2-3,6-7,10,13,16-18,23-24H,4-5,8-9,11-12,14-15H2,1H3,(H,33,34)/t16-,23?,24-/m0/s1. The van der Waals surface area contributed by atoms with E-state index >= 15 is 0 Å². The van der Waals surface area contributed by atoms with E-state index < -0.39 is 23.6 Å². The number of anilines is 1. The van der Waals surface area contributed by atoms with Gasteiger partial charge in [0.25, 0.3) is 0 Å². The van der Waals surface area contributed by atoms with E-state index in [1.54, 1.807) is 11.8 Å². The van der Waals surface area contributed by atoms with Gasteiger partial charge < -0.3 is 14.7 Å². The molecular formula is C27H31F3N2O3. The van der Waals surface area contributed by atoms with Gasteiger partial charge in [0, 0.05) is 19.3 Å². The van der Waals surface area contributed by atoms with Crippen LogP contribution in [-0.4, -0.2) is 35.3 Å². The molecule has 3 heterocycles. The van der Waals surface area contributed by atoms with Gasteiger partial charge in [-0.3, -0.25) is 4.79 Å². The predicted molar refractivity (Wildman–Crippen MR) is 125 cm³/mol. The molecule has 0 spiro atoms. The van der Waals surface area contributed by atoms with Crippen LogP contribution in [0.4, 0.5) is 19.0 Å². The first kappa shape index (κ1) is 24.1. The van der Waals surface area contributed by atoms with Crippen LogP contribution in [0.25, 0.3) is 0 Å². The average Bonchev–Trinajstić information content (AvgIpc) is 3.68. The van der Waals surface area contributed by atoms with Crippen molar-refractivity contribution in [3.63, 3.8) is 0 Å². The number of alkyl halides is 3. The van der Waals surface area contributed by atoms with Crippen molar-refractivity contribution in [2.75, 3.05) is 18.0 Å². The van der Waals surface area contributed by atoms with Crippen LogP contribution < -0.4 is 4.90 Å². The summed E-state index contributed by atoms with van der Waals surface area (Å²) in [5.74, 6) is -0.436. The minimum Gasteiger partial charge on any atom is -0.481 e.